The minimum Gasteiger partial charge on any atom is -0.373 e. The van der Waals surface area contributed by atoms with Crippen molar-refractivity contribution in [2.24, 2.45) is 0 Å². The molecule has 1 saturated heterocycles. The summed E-state index contributed by atoms with van der Waals surface area (Å²) in [5.74, 6) is 0.250. The standard InChI is InChI=1S/C18H29N3O2/c1-14-11-20(12-15(2)23-14)13-18(22)10-16-8-9-21(19-16)17-6-4-3-5-7-17/h8-9,14-15,17H,3-7,10-13H2,1-2H3. The summed E-state index contributed by atoms with van der Waals surface area (Å²) in [5.41, 5.74) is 0.912. The summed E-state index contributed by atoms with van der Waals surface area (Å²) < 4.78 is 7.80. The number of carbonyl (C=O) groups is 1. The summed E-state index contributed by atoms with van der Waals surface area (Å²) in [4.78, 5) is 14.6. The molecule has 2 heterocycles. The first-order valence-electron chi connectivity index (χ1n) is 9.03. The highest BCUT2D eigenvalue weighted by molar-refractivity contribution is 5.82. The zero-order valence-electron chi connectivity index (χ0n) is 14.4. The summed E-state index contributed by atoms with van der Waals surface area (Å²) in [5, 5.41) is 4.65. The number of carbonyl (C=O) groups excluding carboxylic acids is 1. The average Bonchev–Trinajstić information content (AvgIpc) is 2.95. The van der Waals surface area contributed by atoms with Gasteiger partial charge in [0, 0.05) is 19.3 Å². The molecule has 3 rings (SSSR count). The Bertz CT molecular complexity index is 512. The third-order valence-electron chi connectivity index (χ3n) is 4.89. The third kappa shape index (κ3) is 4.64. The molecule has 5 heteroatoms. The van der Waals surface area contributed by atoms with Gasteiger partial charge in [-0.15, -0.1) is 0 Å². The van der Waals surface area contributed by atoms with Gasteiger partial charge in [-0.3, -0.25) is 14.4 Å². The normalized spacial score (nSPS) is 27.2. The lowest BCUT2D eigenvalue weighted by Crippen LogP contribution is -2.47. The van der Waals surface area contributed by atoms with Crippen LogP contribution in [0.25, 0.3) is 0 Å². The molecule has 1 aromatic heterocycles. The Morgan fingerprint density at radius 1 is 1.22 bits per heavy atom. The molecule has 0 spiro atoms. The van der Waals surface area contributed by atoms with E-state index >= 15 is 0 Å². The molecule has 2 fully saturated rings. The molecular formula is C18H29N3O2. The predicted octanol–water partition coefficient (Wildman–Crippen LogP) is 2.61. The fourth-order valence-corrected chi connectivity index (χ4v) is 3.94. The number of hydrogen-bond acceptors (Lipinski definition) is 4. The number of hydrogen-bond donors (Lipinski definition) is 0. The van der Waals surface area contributed by atoms with Gasteiger partial charge in [0.1, 0.15) is 0 Å². The Labute approximate surface area is 139 Å². The zero-order valence-corrected chi connectivity index (χ0v) is 14.4. The molecule has 128 valence electrons. The highest BCUT2D eigenvalue weighted by atomic mass is 16.5. The molecule has 0 N–H and O–H groups in total. The van der Waals surface area contributed by atoms with Crippen LogP contribution >= 0.6 is 0 Å². The molecule has 0 aromatic carbocycles. The Morgan fingerprint density at radius 3 is 2.61 bits per heavy atom. The summed E-state index contributed by atoms with van der Waals surface area (Å²) >= 11 is 0. The fraction of sp³-hybridized carbons (Fsp3) is 0.778. The highest BCUT2D eigenvalue weighted by Crippen LogP contribution is 2.27. The van der Waals surface area contributed by atoms with Crippen LogP contribution in [0.4, 0.5) is 0 Å². The van der Waals surface area contributed by atoms with Crippen molar-refractivity contribution >= 4 is 5.78 Å². The molecule has 1 aliphatic carbocycles. The first-order chi connectivity index (χ1) is 11.1. The molecule has 2 unspecified atom stereocenters. The monoisotopic (exact) mass is 319 g/mol. The molecule has 1 aromatic rings. The van der Waals surface area contributed by atoms with Gasteiger partial charge in [0.05, 0.1) is 36.9 Å². The van der Waals surface area contributed by atoms with Crippen molar-refractivity contribution in [1.82, 2.24) is 14.7 Å². The second kappa shape index (κ2) is 7.58. The number of Topliss-reactive ketones (excluding diaryl/α,β-unsaturated/α-hetero) is 1. The number of nitrogens with zero attached hydrogens (tertiary/aromatic N) is 3. The summed E-state index contributed by atoms with van der Waals surface area (Å²) in [6.45, 7) is 6.32. The van der Waals surface area contributed by atoms with Crippen LogP contribution in [0.5, 0.6) is 0 Å². The molecular weight excluding hydrogens is 290 g/mol. The van der Waals surface area contributed by atoms with Gasteiger partial charge < -0.3 is 4.74 Å². The minimum atomic E-state index is 0.206. The largest absolute Gasteiger partial charge is 0.373 e. The lowest BCUT2D eigenvalue weighted by molar-refractivity contribution is -0.123. The van der Waals surface area contributed by atoms with Crippen LogP contribution in [0, 0.1) is 0 Å². The van der Waals surface area contributed by atoms with Crippen LogP contribution in [0.1, 0.15) is 57.7 Å². The predicted molar refractivity (Wildman–Crippen MR) is 89.5 cm³/mol. The molecule has 0 amide bonds. The maximum absolute atomic E-state index is 12.3. The lowest BCUT2D eigenvalue weighted by Gasteiger charge is -2.34. The summed E-state index contributed by atoms with van der Waals surface area (Å²) in [7, 11) is 0. The second-order valence-electron chi connectivity index (χ2n) is 7.25. The van der Waals surface area contributed by atoms with E-state index in [9.17, 15) is 4.79 Å². The second-order valence-corrected chi connectivity index (χ2v) is 7.25. The van der Waals surface area contributed by atoms with Gasteiger partial charge in [0.25, 0.3) is 0 Å². The van der Waals surface area contributed by atoms with Gasteiger partial charge in [-0.1, -0.05) is 19.3 Å². The molecule has 0 radical (unpaired) electrons. The summed E-state index contributed by atoms with van der Waals surface area (Å²) in [6, 6.07) is 2.55. The van der Waals surface area contributed by atoms with Crippen LogP contribution in [-0.2, 0) is 16.0 Å². The third-order valence-corrected chi connectivity index (χ3v) is 4.89. The van der Waals surface area contributed by atoms with E-state index in [1.807, 2.05) is 6.07 Å². The maximum Gasteiger partial charge on any atom is 0.152 e. The van der Waals surface area contributed by atoms with E-state index in [0.29, 0.717) is 19.0 Å². The van der Waals surface area contributed by atoms with E-state index in [4.69, 9.17) is 4.74 Å². The Kier molecular flexibility index (Phi) is 5.49. The van der Waals surface area contributed by atoms with Crippen LogP contribution < -0.4 is 0 Å². The highest BCUT2D eigenvalue weighted by Gasteiger charge is 2.24. The van der Waals surface area contributed by atoms with Crippen molar-refractivity contribution in [3.63, 3.8) is 0 Å². The van der Waals surface area contributed by atoms with Crippen molar-refractivity contribution < 1.29 is 9.53 Å². The maximum atomic E-state index is 12.3. The van der Waals surface area contributed by atoms with Gasteiger partial charge in [0.2, 0.25) is 0 Å². The Hall–Kier alpha value is -1.20. The fourth-order valence-electron chi connectivity index (χ4n) is 3.94. The number of rotatable bonds is 5. The van der Waals surface area contributed by atoms with Crippen molar-refractivity contribution in [1.29, 1.82) is 0 Å². The molecule has 2 aliphatic rings. The molecule has 1 saturated carbocycles. The number of aromatic nitrogens is 2. The van der Waals surface area contributed by atoms with Crippen LogP contribution in [0.2, 0.25) is 0 Å². The number of morpholine rings is 1. The van der Waals surface area contributed by atoms with E-state index in [2.05, 4.69) is 34.7 Å². The molecule has 23 heavy (non-hydrogen) atoms. The average molecular weight is 319 g/mol. The summed E-state index contributed by atoms with van der Waals surface area (Å²) in [6.07, 6.45) is 9.29. The molecule has 0 bridgehead atoms. The molecule has 2 atom stereocenters. The van der Waals surface area contributed by atoms with Crippen LogP contribution in [0.3, 0.4) is 0 Å². The van der Waals surface area contributed by atoms with E-state index in [0.717, 1.165) is 18.8 Å². The first-order valence-corrected chi connectivity index (χ1v) is 9.03. The van der Waals surface area contributed by atoms with Gasteiger partial charge in [-0.25, -0.2) is 0 Å². The van der Waals surface area contributed by atoms with Crippen molar-refractivity contribution in [3.05, 3.63) is 18.0 Å². The number of ketones is 1. The zero-order chi connectivity index (χ0) is 16.2. The first kappa shape index (κ1) is 16.7. The molecule has 1 aliphatic heterocycles. The van der Waals surface area contributed by atoms with Crippen molar-refractivity contribution in [2.45, 2.75) is 70.6 Å². The van der Waals surface area contributed by atoms with Crippen LogP contribution in [0.15, 0.2) is 12.3 Å². The minimum absolute atomic E-state index is 0.206. The number of ether oxygens (including phenoxy) is 1. The van der Waals surface area contributed by atoms with Gasteiger partial charge in [0.15, 0.2) is 5.78 Å². The smallest absolute Gasteiger partial charge is 0.152 e. The Balaban J connectivity index is 1.50. The Morgan fingerprint density at radius 2 is 1.91 bits per heavy atom. The van der Waals surface area contributed by atoms with E-state index in [1.165, 1.54) is 32.1 Å². The van der Waals surface area contributed by atoms with E-state index < -0.39 is 0 Å². The van der Waals surface area contributed by atoms with Crippen molar-refractivity contribution in [3.8, 4) is 0 Å². The van der Waals surface area contributed by atoms with Gasteiger partial charge in [-0.05, 0) is 32.8 Å². The van der Waals surface area contributed by atoms with Gasteiger partial charge in [-0.2, -0.15) is 5.10 Å². The quantitative estimate of drug-likeness (QED) is 0.837. The SMILES string of the molecule is CC1CN(CC(=O)Cc2ccn(C3CCCCC3)n2)CC(C)O1. The van der Waals surface area contributed by atoms with Crippen LogP contribution in [-0.4, -0.2) is 52.3 Å². The van der Waals surface area contributed by atoms with Crippen molar-refractivity contribution in [2.75, 3.05) is 19.6 Å². The van der Waals surface area contributed by atoms with Gasteiger partial charge >= 0.3 is 0 Å². The molecule has 5 nitrogen and oxygen atoms in total. The lowest BCUT2D eigenvalue weighted by atomic mass is 9.96. The van der Waals surface area contributed by atoms with E-state index in [-0.39, 0.29) is 18.0 Å². The topological polar surface area (TPSA) is 47.4 Å². The van der Waals surface area contributed by atoms with E-state index in [1.54, 1.807) is 0 Å².